The summed E-state index contributed by atoms with van der Waals surface area (Å²) in [5.74, 6) is 6.28. The van der Waals surface area contributed by atoms with E-state index in [2.05, 4.69) is 27.9 Å². The molecule has 19 heavy (non-hydrogen) atoms. The number of halogens is 2. The highest BCUT2D eigenvalue weighted by Crippen LogP contribution is 2.28. The van der Waals surface area contributed by atoms with E-state index in [1.165, 1.54) is 5.56 Å². The number of nitrogens with two attached hydrogens (primary N) is 1. The van der Waals surface area contributed by atoms with Gasteiger partial charge in [-0.25, -0.2) is 10.8 Å². The molecule has 2 rings (SSSR count). The first-order valence-electron chi connectivity index (χ1n) is 5.81. The van der Waals surface area contributed by atoms with E-state index in [0.29, 0.717) is 21.7 Å². The highest BCUT2D eigenvalue weighted by atomic mass is 35.5. The van der Waals surface area contributed by atoms with Crippen molar-refractivity contribution in [3.8, 4) is 0 Å². The molecule has 100 valence electrons. The fourth-order valence-corrected chi connectivity index (χ4v) is 2.14. The van der Waals surface area contributed by atoms with Crippen LogP contribution < -0.4 is 16.6 Å². The van der Waals surface area contributed by atoms with Gasteiger partial charge >= 0.3 is 0 Å². The number of hydrogen-bond donors (Lipinski definition) is 3. The van der Waals surface area contributed by atoms with Crippen LogP contribution >= 0.6 is 23.2 Å². The van der Waals surface area contributed by atoms with Gasteiger partial charge in [0.2, 0.25) is 0 Å². The number of pyridine rings is 1. The fourth-order valence-electron chi connectivity index (χ4n) is 1.66. The van der Waals surface area contributed by atoms with Crippen LogP contribution in [0.25, 0.3) is 0 Å². The second-order valence-electron chi connectivity index (χ2n) is 3.96. The molecule has 1 aromatic heterocycles. The van der Waals surface area contributed by atoms with E-state index in [1.807, 2.05) is 18.2 Å². The summed E-state index contributed by atoms with van der Waals surface area (Å²) >= 11 is 12.0. The molecule has 0 aliphatic carbocycles. The number of rotatable bonds is 5. The molecule has 1 aromatic carbocycles. The van der Waals surface area contributed by atoms with Crippen molar-refractivity contribution in [2.24, 2.45) is 5.84 Å². The van der Waals surface area contributed by atoms with Gasteiger partial charge in [-0.05, 0) is 18.1 Å². The molecule has 6 heteroatoms. The Labute approximate surface area is 121 Å². The van der Waals surface area contributed by atoms with Crippen LogP contribution in [0.2, 0.25) is 10.0 Å². The van der Waals surface area contributed by atoms with Crippen LogP contribution in [-0.2, 0) is 6.42 Å². The number of hydrogen-bond acceptors (Lipinski definition) is 4. The van der Waals surface area contributed by atoms with Crippen LogP contribution in [0.5, 0.6) is 0 Å². The average molecular weight is 297 g/mol. The van der Waals surface area contributed by atoms with Crippen LogP contribution in [0, 0.1) is 0 Å². The summed E-state index contributed by atoms with van der Waals surface area (Å²) in [5.41, 5.74) is 3.68. The van der Waals surface area contributed by atoms with Crippen molar-refractivity contribution in [1.29, 1.82) is 0 Å². The Kier molecular flexibility index (Phi) is 4.85. The molecule has 0 saturated heterocycles. The van der Waals surface area contributed by atoms with Gasteiger partial charge < -0.3 is 10.7 Å². The number of anilines is 2. The SMILES string of the molecule is NNc1nc(NCCc2ccccc2)c(Cl)cc1Cl. The summed E-state index contributed by atoms with van der Waals surface area (Å²) in [5, 5.41) is 4.03. The number of hydrazine groups is 1. The Morgan fingerprint density at radius 2 is 1.74 bits per heavy atom. The van der Waals surface area contributed by atoms with Gasteiger partial charge in [0.15, 0.2) is 5.82 Å². The summed E-state index contributed by atoms with van der Waals surface area (Å²) in [6.07, 6.45) is 0.882. The predicted octanol–water partition coefficient (Wildman–Crippen LogP) is 3.33. The quantitative estimate of drug-likeness (QED) is 0.585. The minimum Gasteiger partial charge on any atom is -0.368 e. The Bertz CT molecular complexity index is 546. The van der Waals surface area contributed by atoms with E-state index < -0.39 is 0 Å². The molecule has 0 saturated carbocycles. The van der Waals surface area contributed by atoms with Gasteiger partial charge in [0.05, 0.1) is 10.0 Å². The van der Waals surface area contributed by atoms with Gasteiger partial charge in [0, 0.05) is 6.54 Å². The third-order valence-electron chi connectivity index (χ3n) is 2.62. The molecule has 0 unspecified atom stereocenters. The van der Waals surface area contributed by atoms with Crippen molar-refractivity contribution in [2.45, 2.75) is 6.42 Å². The number of nitrogens with one attached hydrogen (secondary N) is 2. The van der Waals surface area contributed by atoms with Gasteiger partial charge in [-0.2, -0.15) is 0 Å². The molecule has 2 aromatic rings. The first-order chi connectivity index (χ1) is 9.20. The predicted molar refractivity (Wildman–Crippen MR) is 80.7 cm³/mol. The van der Waals surface area contributed by atoms with Crippen LogP contribution in [0.4, 0.5) is 11.6 Å². The molecule has 0 fully saturated rings. The summed E-state index contributed by atoms with van der Waals surface area (Å²) in [6, 6.07) is 11.8. The van der Waals surface area contributed by atoms with Crippen LogP contribution in [0.3, 0.4) is 0 Å². The van der Waals surface area contributed by atoms with Crippen molar-refractivity contribution in [3.05, 3.63) is 52.0 Å². The summed E-state index contributed by atoms with van der Waals surface area (Å²) in [7, 11) is 0. The van der Waals surface area contributed by atoms with Crippen LogP contribution in [0.1, 0.15) is 5.56 Å². The molecule has 1 heterocycles. The van der Waals surface area contributed by atoms with Gasteiger partial charge in [0.1, 0.15) is 5.82 Å². The second kappa shape index (κ2) is 6.61. The molecule has 0 spiro atoms. The molecule has 0 atom stereocenters. The van der Waals surface area contributed by atoms with Crippen molar-refractivity contribution in [1.82, 2.24) is 4.98 Å². The number of aromatic nitrogens is 1. The normalized spacial score (nSPS) is 10.3. The molecular formula is C13H14Cl2N4. The van der Waals surface area contributed by atoms with E-state index in [-0.39, 0.29) is 0 Å². The number of nitrogen functional groups attached to an aromatic ring is 1. The summed E-state index contributed by atoms with van der Waals surface area (Å²) in [6.45, 7) is 0.725. The van der Waals surface area contributed by atoms with Crippen molar-refractivity contribution >= 4 is 34.8 Å². The summed E-state index contributed by atoms with van der Waals surface area (Å²) in [4.78, 5) is 4.21. The zero-order valence-corrected chi connectivity index (χ0v) is 11.7. The molecular weight excluding hydrogens is 283 g/mol. The van der Waals surface area contributed by atoms with E-state index >= 15 is 0 Å². The molecule has 4 nitrogen and oxygen atoms in total. The molecule has 0 aliphatic heterocycles. The van der Waals surface area contributed by atoms with Gasteiger partial charge in [0.25, 0.3) is 0 Å². The number of benzene rings is 1. The lowest BCUT2D eigenvalue weighted by molar-refractivity contribution is 1.01. The van der Waals surface area contributed by atoms with E-state index in [1.54, 1.807) is 6.07 Å². The first-order valence-corrected chi connectivity index (χ1v) is 6.56. The fraction of sp³-hybridized carbons (Fsp3) is 0.154. The van der Waals surface area contributed by atoms with Gasteiger partial charge in [-0.3, -0.25) is 0 Å². The standard InChI is InChI=1S/C13H14Cl2N4/c14-10-8-11(15)13(19-16)18-12(10)17-7-6-9-4-2-1-3-5-9/h1-5,8H,6-7,16H2,(H2,17,18,19). The monoisotopic (exact) mass is 296 g/mol. The second-order valence-corrected chi connectivity index (χ2v) is 4.77. The molecule has 0 amide bonds. The minimum absolute atomic E-state index is 0.390. The van der Waals surface area contributed by atoms with E-state index in [9.17, 15) is 0 Å². The zero-order valence-electron chi connectivity index (χ0n) is 10.2. The minimum atomic E-state index is 0.390. The largest absolute Gasteiger partial charge is 0.368 e. The lowest BCUT2D eigenvalue weighted by Gasteiger charge is -2.10. The molecule has 0 aliphatic rings. The highest BCUT2D eigenvalue weighted by molar-refractivity contribution is 6.37. The Morgan fingerprint density at radius 1 is 1.05 bits per heavy atom. The lowest BCUT2D eigenvalue weighted by atomic mass is 10.1. The maximum Gasteiger partial charge on any atom is 0.161 e. The lowest BCUT2D eigenvalue weighted by Crippen LogP contribution is -2.12. The third-order valence-corrected chi connectivity index (χ3v) is 3.19. The zero-order chi connectivity index (χ0) is 13.7. The smallest absolute Gasteiger partial charge is 0.161 e. The van der Waals surface area contributed by atoms with E-state index in [4.69, 9.17) is 29.0 Å². The van der Waals surface area contributed by atoms with Crippen LogP contribution in [-0.4, -0.2) is 11.5 Å². The molecule has 0 bridgehead atoms. The average Bonchev–Trinajstić information content (AvgIpc) is 2.42. The third kappa shape index (κ3) is 3.73. The topological polar surface area (TPSA) is 63.0 Å². The Balaban J connectivity index is 2.00. The number of nitrogens with zero attached hydrogens (tertiary/aromatic N) is 1. The van der Waals surface area contributed by atoms with E-state index in [0.717, 1.165) is 13.0 Å². The first kappa shape index (κ1) is 13.9. The van der Waals surface area contributed by atoms with Gasteiger partial charge in [-0.1, -0.05) is 53.5 Å². The van der Waals surface area contributed by atoms with Gasteiger partial charge in [-0.15, -0.1) is 0 Å². The molecule has 4 N–H and O–H groups in total. The summed E-state index contributed by atoms with van der Waals surface area (Å²) < 4.78 is 0. The Morgan fingerprint density at radius 3 is 2.42 bits per heavy atom. The molecule has 0 radical (unpaired) electrons. The van der Waals surface area contributed by atoms with Crippen molar-refractivity contribution in [3.63, 3.8) is 0 Å². The van der Waals surface area contributed by atoms with Crippen molar-refractivity contribution < 1.29 is 0 Å². The Hall–Kier alpha value is -1.49. The van der Waals surface area contributed by atoms with Crippen LogP contribution in [0.15, 0.2) is 36.4 Å². The maximum absolute atomic E-state index is 6.06. The van der Waals surface area contributed by atoms with Crippen molar-refractivity contribution in [2.75, 3.05) is 17.3 Å². The maximum atomic E-state index is 6.06. The highest BCUT2D eigenvalue weighted by Gasteiger charge is 2.07.